The van der Waals surface area contributed by atoms with Gasteiger partial charge in [0.2, 0.25) is 5.91 Å². The van der Waals surface area contributed by atoms with Crippen LogP contribution in [-0.4, -0.2) is 28.1 Å². The molecular weight excluding hydrogens is 268 g/mol. The lowest BCUT2D eigenvalue weighted by atomic mass is 10.3. The van der Waals surface area contributed by atoms with Gasteiger partial charge in [-0.3, -0.25) is 9.89 Å². The minimum atomic E-state index is -0.135. The highest BCUT2D eigenvalue weighted by Crippen LogP contribution is 2.16. The number of halogens is 1. The number of carbonyl (C=O) groups excluding carboxylic acids is 1. The summed E-state index contributed by atoms with van der Waals surface area (Å²) >= 11 is 5.77. The van der Waals surface area contributed by atoms with Crippen molar-refractivity contribution in [2.75, 3.05) is 7.05 Å². The molecule has 100 valence electrons. The van der Waals surface area contributed by atoms with Gasteiger partial charge in [0.05, 0.1) is 6.42 Å². The summed E-state index contributed by atoms with van der Waals surface area (Å²) in [5.41, 5.74) is 0. The van der Waals surface area contributed by atoms with Gasteiger partial charge in [-0.15, -0.1) is 0 Å². The fourth-order valence-electron chi connectivity index (χ4n) is 1.39. The molecule has 1 aromatic heterocycles. The lowest BCUT2D eigenvalue weighted by molar-refractivity contribution is -0.120. The van der Waals surface area contributed by atoms with E-state index in [1.54, 1.807) is 31.3 Å². The Morgan fingerprint density at radius 2 is 2.16 bits per heavy atom. The third kappa shape index (κ3) is 3.96. The molecule has 7 heteroatoms. The first-order chi connectivity index (χ1) is 9.17. The first kappa shape index (κ1) is 13.4. The van der Waals surface area contributed by atoms with E-state index in [9.17, 15) is 4.79 Å². The number of hydrogen-bond acceptors (Lipinski definition) is 4. The highest BCUT2D eigenvalue weighted by molar-refractivity contribution is 6.30. The van der Waals surface area contributed by atoms with Crippen LogP contribution in [0.15, 0.2) is 24.3 Å². The number of rotatable bonds is 5. The molecule has 0 bridgehead atoms. The molecule has 0 spiro atoms. The Morgan fingerprint density at radius 1 is 1.42 bits per heavy atom. The van der Waals surface area contributed by atoms with Gasteiger partial charge in [0.1, 0.15) is 12.4 Å². The van der Waals surface area contributed by atoms with Crippen molar-refractivity contribution in [2.45, 2.75) is 13.0 Å². The molecule has 0 saturated heterocycles. The number of carbonyl (C=O) groups is 1. The number of likely N-dealkylation sites (N-methyl/N-ethyl adjacent to an activating group) is 1. The number of nitrogens with one attached hydrogen (secondary N) is 2. The Hall–Kier alpha value is -2.08. The van der Waals surface area contributed by atoms with Crippen LogP contribution >= 0.6 is 11.6 Å². The van der Waals surface area contributed by atoms with Gasteiger partial charge < -0.3 is 10.1 Å². The molecular formula is C12H13ClN4O2. The average Bonchev–Trinajstić information content (AvgIpc) is 2.85. The van der Waals surface area contributed by atoms with Crippen molar-refractivity contribution in [3.8, 4) is 5.75 Å². The van der Waals surface area contributed by atoms with Crippen LogP contribution in [0, 0.1) is 0 Å². The molecule has 1 heterocycles. The Kier molecular flexibility index (Phi) is 4.35. The Labute approximate surface area is 115 Å². The number of amides is 1. The summed E-state index contributed by atoms with van der Waals surface area (Å²) < 4.78 is 5.50. The number of H-pyrrole nitrogens is 1. The molecule has 0 atom stereocenters. The second kappa shape index (κ2) is 6.19. The highest BCUT2D eigenvalue weighted by atomic mass is 35.5. The van der Waals surface area contributed by atoms with Crippen molar-refractivity contribution in [3.63, 3.8) is 0 Å². The maximum absolute atomic E-state index is 11.2. The van der Waals surface area contributed by atoms with Crippen molar-refractivity contribution in [2.24, 2.45) is 0 Å². The lowest BCUT2D eigenvalue weighted by Crippen LogP contribution is -2.20. The SMILES string of the molecule is CNC(=O)Cc1n[nH]c(COc2ccc(Cl)cc2)n1. The zero-order valence-electron chi connectivity index (χ0n) is 10.3. The van der Waals surface area contributed by atoms with E-state index in [2.05, 4.69) is 20.5 Å². The van der Waals surface area contributed by atoms with E-state index in [1.807, 2.05) is 0 Å². The zero-order valence-corrected chi connectivity index (χ0v) is 11.1. The largest absolute Gasteiger partial charge is 0.486 e. The molecule has 0 saturated carbocycles. The average molecular weight is 281 g/mol. The molecule has 1 aromatic carbocycles. The lowest BCUT2D eigenvalue weighted by Gasteiger charge is -2.03. The molecule has 19 heavy (non-hydrogen) atoms. The molecule has 2 aromatic rings. The first-order valence-electron chi connectivity index (χ1n) is 5.66. The van der Waals surface area contributed by atoms with Gasteiger partial charge in [0, 0.05) is 12.1 Å². The van der Waals surface area contributed by atoms with Crippen LogP contribution in [0.5, 0.6) is 5.75 Å². The van der Waals surface area contributed by atoms with Gasteiger partial charge in [0.15, 0.2) is 11.6 Å². The van der Waals surface area contributed by atoms with E-state index in [1.165, 1.54) is 0 Å². The Balaban J connectivity index is 1.89. The topological polar surface area (TPSA) is 79.9 Å². The van der Waals surface area contributed by atoms with Crippen molar-refractivity contribution >= 4 is 17.5 Å². The fourth-order valence-corrected chi connectivity index (χ4v) is 1.52. The molecule has 0 aliphatic carbocycles. The molecule has 2 rings (SSSR count). The predicted molar refractivity (Wildman–Crippen MR) is 69.9 cm³/mol. The van der Waals surface area contributed by atoms with E-state index in [-0.39, 0.29) is 18.9 Å². The van der Waals surface area contributed by atoms with Crippen LogP contribution in [0.2, 0.25) is 5.02 Å². The number of ether oxygens (including phenoxy) is 1. The van der Waals surface area contributed by atoms with Gasteiger partial charge in [-0.25, -0.2) is 4.98 Å². The normalized spacial score (nSPS) is 10.2. The van der Waals surface area contributed by atoms with Crippen LogP contribution in [0.3, 0.4) is 0 Å². The summed E-state index contributed by atoms with van der Waals surface area (Å²) in [4.78, 5) is 15.3. The molecule has 2 N–H and O–H groups in total. The number of aromatic nitrogens is 3. The molecule has 0 radical (unpaired) electrons. The molecule has 0 aliphatic heterocycles. The summed E-state index contributed by atoms with van der Waals surface area (Å²) in [6, 6.07) is 7.02. The minimum absolute atomic E-state index is 0.135. The molecule has 0 fully saturated rings. The fraction of sp³-hybridized carbons (Fsp3) is 0.250. The summed E-state index contributed by atoms with van der Waals surface area (Å²) in [6.07, 6.45) is 0.147. The third-order valence-electron chi connectivity index (χ3n) is 2.36. The first-order valence-corrected chi connectivity index (χ1v) is 6.04. The van der Waals surface area contributed by atoms with Crippen LogP contribution in [0.4, 0.5) is 0 Å². The van der Waals surface area contributed by atoms with Gasteiger partial charge in [-0.1, -0.05) is 11.6 Å². The van der Waals surface area contributed by atoms with E-state index in [0.29, 0.717) is 22.4 Å². The minimum Gasteiger partial charge on any atom is -0.486 e. The van der Waals surface area contributed by atoms with Crippen LogP contribution in [0.25, 0.3) is 0 Å². The summed E-state index contributed by atoms with van der Waals surface area (Å²) in [7, 11) is 1.57. The molecule has 0 unspecified atom stereocenters. The van der Waals surface area contributed by atoms with Gasteiger partial charge in [-0.2, -0.15) is 5.10 Å². The monoisotopic (exact) mass is 280 g/mol. The van der Waals surface area contributed by atoms with Crippen molar-refractivity contribution in [1.82, 2.24) is 20.5 Å². The van der Waals surface area contributed by atoms with E-state index < -0.39 is 0 Å². The molecule has 0 aliphatic rings. The van der Waals surface area contributed by atoms with E-state index in [4.69, 9.17) is 16.3 Å². The summed E-state index contributed by atoms with van der Waals surface area (Å²) in [5.74, 6) is 1.56. The summed E-state index contributed by atoms with van der Waals surface area (Å²) in [6.45, 7) is 0.252. The predicted octanol–water partition coefficient (Wildman–Crippen LogP) is 1.33. The van der Waals surface area contributed by atoms with Gasteiger partial charge in [0.25, 0.3) is 0 Å². The molecule has 6 nitrogen and oxygen atoms in total. The van der Waals surface area contributed by atoms with E-state index >= 15 is 0 Å². The van der Waals surface area contributed by atoms with Crippen molar-refractivity contribution in [1.29, 1.82) is 0 Å². The Bertz CT molecular complexity index is 553. The number of aromatic amines is 1. The van der Waals surface area contributed by atoms with Crippen molar-refractivity contribution in [3.05, 3.63) is 40.9 Å². The number of hydrogen-bond donors (Lipinski definition) is 2. The Morgan fingerprint density at radius 3 is 2.84 bits per heavy atom. The van der Waals surface area contributed by atoms with Crippen LogP contribution in [0.1, 0.15) is 11.6 Å². The zero-order chi connectivity index (χ0) is 13.7. The second-order valence-electron chi connectivity index (χ2n) is 3.79. The standard InChI is InChI=1S/C12H13ClN4O2/c1-14-12(18)6-10-15-11(17-16-10)7-19-9-4-2-8(13)3-5-9/h2-5H,6-7H2,1H3,(H,14,18)(H,15,16,17). The van der Waals surface area contributed by atoms with Crippen LogP contribution < -0.4 is 10.1 Å². The van der Waals surface area contributed by atoms with Crippen molar-refractivity contribution < 1.29 is 9.53 Å². The maximum Gasteiger partial charge on any atom is 0.227 e. The van der Waals surface area contributed by atoms with Gasteiger partial charge >= 0.3 is 0 Å². The summed E-state index contributed by atoms with van der Waals surface area (Å²) in [5, 5.41) is 9.82. The quantitative estimate of drug-likeness (QED) is 0.866. The number of nitrogens with zero attached hydrogens (tertiary/aromatic N) is 2. The maximum atomic E-state index is 11.2. The highest BCUT2D eigenvalue weighted by Gasteiger charge is 2.07. The number of benzene rings is 1. The van der Waals surface area contributed by atoms with E-state index in [0.717, 1.165) is 0 Å². The smallest absolute Gasteiger partial charge is 0.227 e. The second-order valence-corrected chi connectivity index (χ2v) is 4.23. The molecule has 1 amide bonds. The third-order valence-corrected chi connectivity index (χ3v) is 2.62. The van der Waals surface area contributed by atoms with Gasteiger partial charge in [-0.05, 0) is 24.3 Å². The van der Waals surface area contributed by atoms with Crippen LogP contribution in [-0.2, 0) is 17.8 Å².